The van der Waals surface area contributed by atoms with Crippen LogP contribution in [-0.2, 0) is 19.0 Å². The summed E-state index contributed by atoms with van der Waals surface area (Å²) in [5, 5.41) is 3.08. The molecule has 1 N–H and O–H groups in total. The van der Waals surface area contributed by atoms with E-state index in [9.17, 15) is 9.59 Å². The fraction of sp³-hybridized carbons (Fsp3) is 0.905. The lowest BCUT2D eigenvalue weighted by atomic mass is 9.71. The topological polar surface area (TPSA) is 77.1 Å². The number of alkyl carbamates (subject to hydrolysis) is 1. The fourth-order valence-electron chi connectivity index (χ4n) is 4.64. The molecule has 3 heterocycles. The van der Waals surface area contributed by atoms with Crippen LogP contribution in [0.1, 0.15) is 66.2 Å². The highest BCUT2D eigenvalue weighted by Crippen LogP contribution is 2.44. The number of esters is 1. The van der Waals surface area contributed by atoms with Crippen molar-refractivity contribution in [2.24, 2.45) is 5.92 Å². The van der Waals surface area contributed by atoms with E-state index in [1.54, 1.807) is 0 Å². The van der Waals surface area contributed by atoms with Crippen LogP contribution >= 0.6 is 0 Å². The van der Waals surface area contributed by atoms with E-state index < -0.39 is 5.60 Å². The Bertz CT molecular complexity index is 553. The van der Waals surface area contributed by atoms with E-state index in [4.69, 9.17) is 14.2 Å². The van der Waals surface area contributed by atoms with Gasteiger partial charge >= 0.3 is 12.1 Å². The van der Waals surface area contributed by atoms with Gasteiger partial charge in [-0.3, -0.25) is 4.79 Å². The Hall–Kier alpha value is -1.34. The van der Waals surface area contributed by atoms with Gasteiger partial charge in [0.15, 0.2) is 0 Å². The largest absolute Gasteiger partial charge is 0.466 e. The maximum Gasteiger partial charge on any atom is 0.408 e. The summed E-state index contributed by atoms with van der Waals surface area (Å²) in [5.74, 6) is -0.0112. The highest BCUT2D eigenvalue weighted by atomic mass is 16.6. The quantitative estimate of drug-likeness (QED) is 0.720. The first-order chi connectivity index (χ1) is 13.1. The molecule has 4 aliphatic rings. The molecule has 7 heteroatoms. The van der Waals surface area contributed by atoms with E-state index in [1.807, 2.05) is 27.7 Å². The van der Waals surface area contributed by atoms with E-state index in [2.05, 4.69) is 10.2 Å². The molecule has 0 atom stereocenters. The highest BCUT2D eigenvalue weighted by molar-refractivity contribution is 5.72. The van der Waals surface area contributed by atoms with Crippen LogP contribution in [0.3, 0.4) is 0 Å². The standard InChI is InChI=1S/C21H36N2O5/c1-5-26-17(24)16-6-12-23(13-7-16)14-21-10-8-20(9-11-21,15-27-21)22-18(25)28-19(2,3)4/h16H,5-15H2,1-4H3,(H,22,25). The Balaban J connectivity index is 1.47. The highest BCUT2D eigenvalue weighted by Gasteiger charge is 2.51. The predicted molar refractivity (Wildman–Crippen MR) is 105 cm³/mol. The molecule has 1 aliphatic carbocycles. The Morgan fingerprint density at radius 2 is 1.79 bits per heavy atom. The van der Waals surface area contributed by atoms with Gasteiger partial charge in [-0.25, -0.2) is 4.79 Å². The number of piperidine rings is 1. The van der Waals surface area contributed by atoms with Crippen LogP contribution in [0.5, 0.6) is 0 Å². The Labute approximate surface area is 168 Å². The third-order valence-corrected chi connectivity index (χ3v) is 6.26. The lowest BCUT2D eigenvalue weighted by molar-refractivity contribution is -0.172. The van der Waals surface area contributed by atoms with Crippen molar-refractivity contribution in [3.8, 4) is 0 Å². The number of nitrogens with one attached hydrogen (secondary N) is 1. The zero-order chi connectivity index (χ0) is 20.4. The molecule has 7 nitrogen and oxygen atoms in total. The van der Waals surface area contributed by atoms with Crippen LogP contribution < -0.4 is 5.32 Å². The number of hydrogen-bond acceptors (Lipinski definition) is 6. The van der Waals surface area contributed by atoms with Gasteiger partial charge in [-0.2, -0.15) is 0 Å². The monoisotopic (exact) mass is 396 g/mol. The van der Waals surface area contributed by atoms with E-state index in [0.717, 1.165) is 58.2 Å². The average molecular weight is 397 g/mol. The molecular weight excluding hydrogens is 360 g/mol. The van der Waals surface area contributed by atoms with E-state index in [-0.39, 0.29) is 29.1 Å². The summed E-state index contributed by atoms with van der Waals surface area (Å²) in [4.78, 5) is 26.5. The Morgan fingerprint density at radius 3 is 2.29 bits per heavy atom. The van der Waals surface area contributed by atoms with Gasteiger partial charge in [0.25, 0.3) is 0 Å². The van der Waals surface area contributed by atoms with Crippen molar-refractivity contribution < 1.29 is 23.8 Å². The summed E-state index contributed by atoms with van der Waals surface area (Å²) >= 11 is 0. The molecule has 28 heavy (non-hydrogen) atoms. The van der Waals surface area contributed by atoms with Crippen LogP contribution in [0.25, 0.3) is 0 Å². The molecule has 0 radical (unpaired) electrons. The number of likely N-dealkylation sites (tertiary alicyclic amines) is 1. The zero-order valence-electron chi connectivity index (χ0n) is 17.8. The van der Waals surface area contributed by atoms with Gasteiger partial charge in [0.05, 0.1) is 30.3 Å². The van der Waals surface area contributed by atoms with Crippen molar-refractivity contribution >= 4 is 12.1 Å². The molecule has 0 aromatic rings. The van der Waals surface area contributed by atoms with Gasteiger partial charge in [0.1, 0.15) is 5.60 Å². The summed E-state index contributed by atoms with van der Waals surface area (Å²) in [7, 11) is 0. The van der Waals surface area contributed by atoms with Crippen LogP contribution in [0.2, 0.25) is 0 Å². The lowest BCUT2D eigenvalue weighted by Gasteiger charge is -2.54. The second kappa shape index (κ2) is 8.19. The number of hydrogen-bond donors (Lipinski definition) is 1. The van der Waals surface area contributed by atoms with Crippen molar-refractivity contribution in [3.05, 3.63) is 0 Å². The first-order valence-corrected chi connectivity index (χ1v) is 10.7. The van der Waals surface area contributed by atoms with Crippen molar-refractivity contribution in [3.63, 3.8) is 0 Å². The molecule has 0 aromatic carbocycles. The zero-order valence-corrected chi connectivity index (χ0v) is 17.8. The Morgan fingerprint density at radius 1 is 1.14 bits per heavy atom. The molecule has 3 aliphatic heterocycles. The second-order valence-corrected chi connectivity index (χ2v) is 9.68. The van der Waals surface area contributed by atoms with Crippen molar-refractivity contribution in [2.75, 3.05) is 32.8 Å². The maximum atomic E-state index is 12.2. The smallest absolute Gasteiger partial charge is 0.408 e. The molecule has 2 bridgehead atoms. The maximum absolute atomic E-state index is 12.2. The van der Waals surface area contributed by atoms with Crippen molar-refractivity contribution in [2.45, 2.75) is 83.0 Å². The molecule has 1 saturated carbocycles. The van der Waals surface area contributed by atoms with E-state index >= 15 is 0 Å². The third kappa shape index (κ3) is 5.17. The first kappa shape index (κ1) is 21.4. The number of carbonyl (C=O) groups excluding carboxylic acids is 2. The fourth-order valence-corrected chi connectivity index (χ4v) is 4.64. The number of carbonyl (C=O) groups is 2. The Kier molecular flexibility index (Phi) is 6.25. The van der Waals surface area contributed by atoms with E-state index in [0.29, 0.717) is 13.2 Å². The van der Waals surface area contributed by atoms with Crippen LogP contribution in [0.15, 0.2) is 0 Å². The van der Waals surface area contributed by atoms with Gasteiger partial charge < -0.3 is 24.4 Å². The molecule has 3 saturated heterocycles. The molecule has 160 valence electrons. The molecule has 0 spiro atoms. The SMILES string of the molecule is CCOC(=O)C1CCN(CC23CCC(NC(=O)OC(C)(C)C)(CC2)CO3)CC1. The van der Waals surface area contributed by atoms with Crippen molar-refractivity contribution in [1.82, 2.24) is 10.2 Å². The molecule has 0 unspecified atom stereocenters. The number of ether oxygens (including phenoxy) is 3. The predicted octanol–water partition coefficient (Wildman–Crippen LogP) is 2.87. The van der Waals surface area contributed by atoms with Crippen LogP contribution in [-0.4, -0.2) is 66.6 Å². The van der Waals surface area contributed by atoms with Gasteiger partial charge in [-0.15, -0.1) is 0 Å². The molecule has 4 fully saturated rings. The summed E-state index contributed by atoms with van der Waals surface area (Å²) in [6.45, 7) is 11.2. The number of rotatable bonds is 5. The molecule has 1 amide bonds. The number of amides is 1. The number of nitrogens with zero attached hydrogens (tertiary/aromatic N) is 1. The molecular formula is C21H36N2O5. The third-order valence-electron chi connectivity index (χ3n) is 6.26. The average Bonchev–Trinajstić information content (AvgIpc) is 2.62. The van der Waals surface area contributed by atoms with Gasteiger partial charge in [0.2, 0.25) is 0 Å². The summed E-state index contributed by atoms with van der Waals surface area (Å²) in [5.41, 5.74) is -0.903. The first-order valence-electron chi connectivity index (χ1n) is 10.7. The summed E-state index contributed by atoms with van der Waals surface area (Å²) in [6.07, 6.45) is 5.10. The van der Waals surface area contributed by atoms with Crippen LogP contribution in [0, 0.1) is 5.92 Å². The van der Waals surface area contributed by atoms with Gasteiger partial charge in [-0.1, -0.05) is 0 Å². The summed E-state index contributed by atoms with van der Waals surface area (Å²) < 4.78 is 16.9. The normalized spacial score (nSPS) is 31.4. The molecule has 0 aromatic heterocycles. The minimum Gasteiger partial charge on any atom is -0.466 e. The minimum absolute atomic E-state index is 0.0398. The summed E-state index contributed by atoms with van der Waals surface area (Å²) in [6, 6.07) is 0. The van der Waals surface area contributed by atoms with Crippen LogP contribution in [0.4, 0.5) is 4.79 Å². The minimum atomic E-state index is -0.496. The van der Waals surface area contributed by atoms with E-state index in [1.165, 1.54) is 0 Å². The molecule has 4 rings (SSSR count). The van der Waals surface area contributed by atoms with Gasteiger partial charge in [0, 0.05) is 6.54 Å². The second-order valence-electron chi connectivity index (χ2n) is 9.68. The van der Waals surface area contributed by atoms with Crippen molar-refractivity contribution in [1.29, 1.82) is 0 Å². The number of fused-ring (bicyclic) bond motifs is 3. The lowest BCUT2D eigenvalue weighted by Crippen LogP contribution is -2.65. The van der Waals surface area contributed by atoms with Gasteiger partial charge in [-0.05, 0) is 79.3 Å².